The number of nitrogens with zero attached hydrogens (tertiary/aromatic N) is 3. The zero-order chi connectivity index (χ0) is 17.6. The van der Waals surface area contributed by atoms with Crippen LogP contribution < -0.4 is 0 Å². The van der Waals surface area contributed by atoms with E-state index in [-0.39, 0.29) is 42.8 Å². The van der Waals surface area contributed by atoms with Crippen molar-refractivity contribution in [3.63, 3.8) is 0 Å². The molecule has 1 aromatic carbocycles. The molecular weight excluding hydrogens is 396 g/mol. The molecular formula is C18H28Cl2FN3O3. The van der Waals surface area contributed by atoms with Crippen molar-refractivity contribution in [1.29, 1.82) is 0 Å². The second kappa shape index (κ2) is 11.7. The van der Waals surface area contributed by atoms with Crippen LogP contribution >= 0.6 is 24.8 Å². The Morgan fingerprint density at radius 1 is 1.15 bits per heavy atom. The summed E-state index contributed by atoms with van der Waals surface area (Å²) in [6.45, 7) is 6.32. The molecule has 2 heterocycles. The van der Waals surface area contributed by atoms with Gasteiger partial charge in [-0.3, -0.25) is 4.90 Å². The zero-order valence-electron chi connectivity index (χ0n) is 15.5. The van der Waals surface area contributed by atoms with Crippen LogP contribution in [-0.2, 0) is 16.0 Å². The van der Waals surface area contributed by atoms with Gasteiger partial charge in [0.25, 0.3) is 0 Å². The van der Waals surface area contributed by atoms with Gasteiger partial charge in [0.2, 0.25) is 0 Å². The average molecular weight is 424 g/mol. The number of rotatable bonds is 4. The first-order valence-electron chi connectivity index (χ1n) is 8.79. The smallest absolute Gasteiger partial charge is 0.409 e. The third kappa shape index (κ3) is 7.43. The number of benzene rings is 1. The summed E-state index contributed by atoms with van der Waals surface area (Å²) in [5.41, 5.74) is 1.08. The number of piperazine rings is 1. The van der Waals surface area contributed by atoms with Crippen molar-refractivity contribution < 1.29 is 18.7 Å². The fraction of sp³-hybridized carbons (Fsp3) is 0.611. The fourth-order valence-electron chi connectivity index (χ4n) is 3.16. The number of halogens is 3. The lowest BCUT2D eigenvalue weighted by Gasteiger charge is -2.35. The van der Waals surface area contributed by atoms with Crippen LogP contribution in [-0.4, -0.2) is 86.4 Å². The van der Waals surface area contributed by atoms with Crippen molar-refractivity contribution in [2.24, 2.45) is 0 Å². The third-order valence-electron chi connectivity index (χ3n) is 4.68. The molecule has 1 atom stereocenters. The molecule has 3 rings (SSSR count). The van der Waals surface area contributed by atoms with E-state index < -0.39 is 0 Å². The Bertz CT molecular complexity index is 571. The Labute approximate surface area is 172 Å². The minimum atomic E-state index is -0.266. The Morgan fingerprint density at radius 3 is 2.44 bits per heavy atom. The number of morpholine rings is 1. The molecule has 0 saturated carbocycles. The molecule has 1 unspecified atom stereocenters. The van der Waals surface area contributed by atoms with Gasteiger partial charge in [-0.05, 0) is 24.7 Å². The lowest BCUT2D eigenvalue weighted by Crippen LogP contribution is -2.49. The molecule has 6 nitrogen and oxygen atoms in total. The van der Waals surface area contributed by atoms with Crippen molar-refractivity contribution in [3.8, 4) is 0 Å². The highest BCUT2D eigenvalue weighted by Gasteiger charge is 2.24. The summed E-state index contributed by atoms with van der Waals surface area (Å²) in [6.07, 6.45) is -0.305. The second-order valence-electron chi connectivity index (χ2n) is 6.72. The summed E-state index contributed by atoms with van der Waals surface area (Å²) in [5.74, 6) is -0.218. The molecule has 0 N–H and O–H groups in total. The third-order valence-corrected chi connectivity index (χ3v) is 4.68. The normalized spacial score (nSPS) is 21.1. The van der Waals surface area contributed by atoms with E-state index in [2.05, 4.69) is 9.80 Å². The number of ether oxygens (including phenoxy) is 2. The van der Waals surface area contributed by atoms with Gasteiger partial charge in [-0.15, -0.1) is 24.8 Å². The lowest BCUT2D eigenvalue weighted by molar-refractivity contribution is -0.0534. The van der Waals surface area contributed by atoms with Gasteiger partial charge in [-0.2, -0.15) is 0 Å². The molecule has 0 aromatic heterocycles. The molecule has 0 radical (unpaired) electrons. The van der Waals surface area contributed by atoms with E-state index in [1.165, 1.54) is 12.1 Å². The predicted molar refractivity (Wildman–Crippen MR) is 106 cm³/mol. The van der Waals surface area contributed by atoms with Crippen LogP contribution in [0.25, 0.3) is 0 Å². The highest BCUT2D eigenvalue weighted by molar-refractivity contribution is 5.85. The predicted octanol–water partition coefficient (Wildman–Crippen LogP) is 2.25. The zero-order valence-corrected chi connectivity index (χ0v) is 17.1. The molecule has 2 saturated heterocycles. The number of hydrogen-bond acceptors (Lipinski definition) is 5. The van der Waals surface area contributed by atoms with Crippen LogP contribution in [0, 0.1) is 5.82 Å². The number of amides is 1. The summed E-state index contributed by atoms with van der Waals surface area (Å²) in [4.78, 5) is 18.4. The van der Waals surface area contributed by atoms with E-state index >= 15 is 0 Å². The van der Waals surface area contributed by atoms with Crippen molar-refractivity contribution in [2.45, 2.75) is 12.6 Å². The van der Waals surface area contributed by atoms with E-state index in [1.54, 1.807) is 17.0 Å². The molecule has 1 amide bonds. The van der Waals surface area contributed by atoms with Gasteiger partial charge in [-0.25, -0.2) is 9.18 Å². The van der Waals surface area contributed by atoms with E-state index in [0.717, 1.165) is 38.3 Å². The molecule has 0 aliphatic carbocycles. The van der Waals surface area contributed by atoms with Crippen LogP contribution in [0.2, 0.25) is 0 Å². The standard InChI is InChI=1S/C18H26FN3O3.2ClH/c1-20-10-11-24-17(13-20)14-25-18(23)22-8-6-21(7-9-22)12-15-2-4-16(19)5-3-15;;/h2-5,17H,6-14H2,1H3;2*1H. The summed E-state index contributed by atoms with van der Waals surface area (Å²) in [7, 11) is 2.04. The monoisotopic (exact) mass is 423 g/mol. The van der Waals surface area contributed by atoms with Crippen LogP contribution in [0.3, 0.4) is 0 Å². The Morgan fingerprint density at radius 2 is 1.81 bits per heavy atom. The molecule has 27 heavy (non-hydrogen) atoms. The van der Waals surface area contributed by atoms with Gasteiger partial charge in [0.1, 0.15) is 18.5 Å². The molecule has 0 spiro atoms. The van der Waals surface area contributed by atoms with Crippen molar-refractivity contribution >= 4 is 30.9 Å². The van der Waals surface area contributed by atoms with Gasteiger partial charge in [-0.1, -0.05) is 12.1 Å². The SMILES string of the molecule is CN1CCOC(COC(=O)N2CCN(Cc3ccc(F)cc3)CC2)C1.Cl.Cl. The largest absolute Gasteiger partial charge is 0.447 e. The van der Waals surface area contributed by atoms with Gasteiger partial charge < -0.3 is 19.3 Å². The Balaban J connectivity index is 0.00000182. The summed E-state index contributed by atoms with van der Waals surface area (Å²) < 4.78 is 24.0. The molecule has 2 aliphatic rings. The van der Waals surface area contributed by atoms with Crippen LogP contribution in [0.5, 0.6) is 0 Å². The van der Waals surface area contributed by atoms with Crippen LogP contribution in [0.1, 0.15) is 5.56 Å². The second-order valence-corrected chi connectivity index (χ2v) is 6.72. The maximum Gasteiger partial charge on any atom is 0.409 e. The maximum absolute atomic E-state index is 13.0. The Hall–Kier alpha value is -1.12. The number of hydrogen-bond donors (Lipinski definition) is 0. The maximum atomic E-state index is 13.0. The van der Waals surface area contributed by atoms with Crippen molar-refractivity contribution in [1.82, 2.24) is 14.7 Å². The molecule has 2 fully saturated rings. The lowest BCUT2D eigenvalue weighted by atomic mass is 10.2. The first-order valence-corrected chi connectivity index (χ1v) is 8.79. The van der Waals surface area contributed by atoms with Crippen molar-refractivity contribution in [3.05, 3.63) is 35.6 Å². The molecule has 0 bridgehead atoms. The van der Waals surface area contributed by atoms with Gasteiger partial charge >= 0.3 is 6.09 Å². The van der Waals surface area contributed by atoms with Crippen molar-refractivity contribution in [2.75, 3.05) is 59.5 Å². The first kappa shape index (κ1) is 23.9. The van der Waals surface area contributed by atoms with Crippen LogP contribution in [0.15, 0.2) is 24.3 Å². The minimum Gasteiger partial charge on any atom is -0.447 e. The van der Waals surface area contributed by atoms with Crippen LogP contribution in [0.4, 0.5) is 9.18 Å². The van der Waals surface area contributed by atoms with E-state index in [0.29, 0.717) is 26.3 Å². The fourth-order valence-corrected chi connectivity index (χ4v) is 3.16. The van der Waals surface area contributed by atoms with Gasteiger partial charge in [0.15, 0.2) is 0 Å². The molecule has 1 aromatic rings. The van der Waals surface area contributed by atoms with E-state index in [4.69, 9.17) is 9.47 Å². The number of likely N-dealkylation sites (N-methyl/N-ethyl adjacent to an activating group) is 1. The average Bonchev–Trinajstić information content (AvgIpc) is 2.62. The quantitative estimate of drug-likeness (QED) is 0.742. The Kier molecular flexibility index (Phi) is 10.3. The number of carbonyl (C=O) groups excluding carboxylic acids is 1. The first-order chi connectivity index (χ1) is 12.1. The van der Waals surface area contributed by atoms with E-state index in [1.807, 2.05) is 7.05 Å². The highest BCUT2D eigenvalue weighted by atomic mass is 35.5. The molecule has 154 valence electrons. The van der Waals surface area contributed by atoms with Gasteiger partial charge in [0.05, 0.1) is 6.61 Å². The summed E-state index contributed by atoms with van der Waals surface area (Å²) in [5, 5.41) is 0. The summed E-state index contributed by atoms with van der Waals surface area (Å²) >= 11 is 0. The minimum absolute atomic E-state index is 0. The van der Waals surface area contributed by atoms with Gasteiger partial charge in [0, 0.05) is 45.8 Å². The number of carbonyl (C=O) groups is 1. The molecule has 2 aliphatic heterocycles. The molecule has 9 heteroatoms. The van der Waals surface area contributed by atoms with E-state index in [9.17, 15) is 9.18 Å². The topological polar surface area (TPSA) is 45.3 Å². The highest BCUT2D eigenvalue weighted by Crippen LogP contribution is 2.11. The summed E-state index contributed by atoms with van der Waals surface area (Å²) in [6, 6.07) is 6.57.